The van der Waals surface area contributed by atoms with Gasteiger partial charge in [-0.15, -0.1) is 0 Å². The molecule has 84 valence electrons. The van der Waals surface area contributed by atoms with Crippen molar-refractivity contribution in [3.63, 3.8) is 0 Å². The summed E-state index contributed by atoms with van der Waals surface area (Å²) in [4.78, 5) is 10.3. The highest BCUT2D eigenvalue weighted by Gasteiger charge is 2.26. The van der Waals surface area contributed by atoms with Crippen LogP contribution in [0.3, 0.4) is 0 Å². The van der Waals surface area contributed by atoms with Crippen LogP contribution in [0.25, 0.3) is 0 Å². The molecule has 1 aromatic rings. The predicted molar refractivity (Wildman–Crippen MR) is 44.3 cm³/mol. The summed E-state index contributed by atoms with van der Waals surface area (Å²) in [6.45, 7) is 0. The maximum Gasteiger partial charge on any atom is 0.371 e. The molecule has 0 aliphatic rings. The molecule has 0 aromatic carbocycles. The molecule has 0 bridgehead atoms. The van der Waals surface area contributed by atoms with Crippen molar-refractivity contribution in [1.29, 1.82) is 0 Å². The van der Waals surface area contributed by atoms with E-state index in [2.05, 4.69) is 4.42 Å². The number of carboxylic acid groups (broad SMARTS) is 1. The molecule has 1 N–H and O–H groups in total. The highest BCUT2D eigenvalue weighted by atomic mass is 32.2. The number of alkyl halides is 2. The van der Waals surface area contributed by atoms with E-state index in [9.17, 15) is 22.0 Å². The summed E-state index contributed by atoms with van der Waals surface area (Å²) in [7, 11) is -4.58. The molecule has 0 saturated carbocycles. The lowest BCUT2D eigenvalue weighted by molar-refractivity contribution is 0.0660. The highest BCUT2D eigenvalue weighted by molar-refractivity contribution is 7.90. The molecule has 0 spiro atoms. The number of sulfone groups is 1. The van der Waals surface area contributed by atoms with Crippen molar-refractivity contribution in [2.45, 2.75) is 11.5 Å². The third kappa shape index (κ3) is 2.75. The summed E-state index contributed by atoms with van der Waals surface area (Å²) in [5, 5.41) is 8.41. The molecular formula is C7H6F2O5S. The van der Waals surface area contributed by atoms with E-state index >= 15 is 0 Å². The van der Waals surface area contributed by atoms with Gasteiger partial charge in [-0.3, -0.25) is 0 Å². The zero-order chi connectivity index (χ0) is 11.6. The third-order valence-corrected chi connectivity index (χ3v) is 2.72. The number of hydrogen-bond acceptors (Lipinski definition) is 4. The number of carbonyl (C=O) groups is 1. The second kappa shape index (κ2) is 3.97. The molecule has 0 fully saturated rings. The van der Waals surface area contributed by atoms with Crippen molar-refractivity contribution in [3.05, 3.63) is 23.7 Å². The number of aromatic carboxylic acids is 1. The summed E-state index contributed by atoms with van der Waals surface area (Å²) in [5.41, 5.74) is 0. The fourth-order valence-corrected chi connectivity index (χ4v) is 1.51. The fraction of sp³-hybridized carbons (Fsp3) is 0.286. The van der Waals surface area contributed by atoms with Crippen LogP contribution in [-0.4, -0.2) is 25.3 Å². The van der Waals surface area contributed by atoms with Gasteiger partial charge in [0.15, 0.2) is 0 Å². The maximum absolute atomic E-state index is 11.9. The molecule has 8 heteroatoms. The predicted octanol–water partition coefficient (Wildman–Crippen LogP) is 1.12. The summed E-state index contributed by atoms with van der Waals surface area (Å²) in [6.07, 6.45) is 0. The first-order valence-corrected chi connectivity index (χ1v) is 5.36. The fourth-order valence-electron chi connectivity index (χ4n) is 0.832. The Hall–Kier alpha value is -1.44. The zero-order valence-corrected chi connectivity index (χ0v) is 8.00. The Balaban J connectivity index is 2.87. The van der Waals surface area contributed by atoms with Crippen molar-refractivity contribution in [2.75, 3.05) is 0 Å². The van der Waals surface area contributed by atoms with Gasteiger partial charge in [0.2, 0.25) is 15.6 Å². The topological polar surface area (TPSA) is 84.6 Å². The van der Waals surface area contributed by atoms with Crippen LogP contribution < -0.4 is 0 Å². The number of hydrogen-bond donors (Lipinski definition) is 1. The summed E-state index contributed by atoms with van der Waals surface area (Å²) in [5.74, 6) is -6.73. The van der Waals surface area contributed by atoms with Crippen molar-refractivity contribution >= 4 is 15.8 Å². The first-order chi connectivity index (χ1) is 6.83. The minimum atomic E-state index is -4.58. The van der Waals surface area contributed by atoms with Gasteiger partial charge in [-0.1, -0.05) is 0 Å². The van der Waals surface area contributed by atoms with Crippen LogP contribution >= 0.6 is 0 Å². The Bertz CT molecular complexity index is 461. The van der Waals surface area contributed by atoms with Gasteiger partial charge in [0.05, 0.1) is 0 Å². The highest BCUT2D eigenvalue weighted by Crippen LogP contribution is 2.15. The van der Waals surface area contributed by atoms with Gasteiger partial charge in [0, 0.05) is 0 Å². The molecule has 0 saturated heterocycles. The largest absolute Gasteiger partial charge is 0.475 e. The van der Waals surface area contributed by atoms with Crippen molar-refractivity contribution in [2.24, 2.45) is 0 Å². The standard InChI is InChI=1S/C7H6F2O5S/c8-7(9)15(12,13)3-4-1-2-5(14-4)6(10)11/h1-2,7H,3H2,(H,10,11). The van der Waals surface area contributed by atoms with Gasteiger partial charge in [-0.25, -0.2) is 13.2 Å². The molecular weight excluding hydrogens is 234 g/mol. The minimum Gasteiger partial charge on any atom is -0.475 e. The second-order valence-corrected chi connectivity index (χ2v) is 4.61. The Morgan fingerprint density at radius 3 is 2.47 bits per heavy atom. The number of rotatable bonds is 4. The van der Waals surface area contributed by atoms with E-state index < -0.39 is 33.1 Å². The lowest BCUT2D eigenvalue weighted by Gasteiger charge is -1.99. The molecule has 1 rings (SSSR count). The number of carboxylic acids is 1. The van der Waals surface area contributed by atoms with Crippen molar-refractivity contribution in [3.8, 4) is 0 Å². The molecule has 0 radical (unpaired) electrons. The van der Waals surface area contributed by atoms with Gasteiger partial charge in [-0.05, 0) is 12.1 Å². The zero-order valence-electron chi connectivity index (χ0n) is 7.18. The monoisotopic (exact) mass is 240 g/mol. The van der Waals surface area contributed by atoms with Gasteiger partial charge in [-0.2, -0.15) is 8.78 Å². The van der Waals surface area contributed by atoms with Crippen LogP contribution in [0.1, 0.15) is 16.3 Å². The van der Waals surface area contributed by atoms with E-state index in [0.29, 0.717) is 0 Å². The number of furan rings is 1. The average Bonchev–Trinajstić information content (AvgIpc) is 2.51. The molecule has 5 nitrogen and oxygen atoms in total. The van der Waals surface area contributed by atoms with Gasteiger partial charge >= 0.3 is 11.7 Å². The quantitative estimate of drug-likeness (QED) is 0.852. The first kappa shape index (κ1) is 11.6. The molecule has 1 heterocycles. The summed E-state index contributed by atoms with van der Waals surface area (Å²) >= 11 is 0. The summed E-state index contributed by atoms with van der Waals surface area (Å²) < 4.78 is 49.8. The van der Waals surface area contributed by atoms with E-state index in [1.54, 1.807) is 0 Å². The Morgan fingerprint density at radius 1 is 1.47 bits per heavy atom. The van der Waals surface area contributed by atoms with Crippen LogP contribution in [-0.2, 0) is 15.6 Å². The Labute approximate surface area is 83.2 Å². The van der Waals surface area contributed by atoms with E-state index in [1.807, 2.05) is 0 Å². The van der Waals surface area contributed by atoms with Gasteiger partial charge in [0.25, 0.3) is 0 Å². The van der Waals surface area contributed by atoms with E-state index in [4.69, 9.17) is 5.11 Å². The molecule has 0 aliphatic heterocycles. The van der Waals surface area contributed by atoms with E-state index in [1.165, 1.54) is 0 Å². The van der Waals surface area contributed by atoms with Crippen LogP contribution in [0.15, 0.2) is 16.5 Å². The molecule has 0 atom stereocenters. The first-order valence-electron chi connectivity index (χ1n) is 3.64. The third-order valence-electron chi connectivity index (χ3n) is 1.49. The second-order valence-electron chi connectivity index (χ2n) is 2.64. The number of halogens is 2. The molecule has 0 unspecified atom stereocenters. The molecule has 0 amide bonds. The molecule has 0 aliphatic carbocycles. The molecule has 15 heavy (non-hydrogen) atoms. The lowest BCUT2D eigenvalue weighted by Crippen LogP contribution is -2.13. The van der Waals surface area contributed by atoms with Crippen LogP contribution in [0.2, 0.25) is 0 Å². The van der Waals surface area contributed by atoms with Crippen LogP contribution in [0, 0.1) is 0 Å². The van der Waals surface area contributed by atoms with Crippen LogP contribution in [0.4, 0.5) is 8.78 Å². The summed E-state index contributed by atoms with van der Waals surface area (Å²) in [6, 6.07) is 2.03. The average molecular weight is 240 g/mol. The molecule has 1 aromatic heterocycles. The minimum absolute atomic E-state index is 0.326. The maximum atomic E-state index is 11.9. The van der Waals surface area contributed by atoms with Crippen molar-refractivity contribution < 1.29 is 31.5 Å². The van der Waals surface area contributed by atoms with E-state index in [-0.39, 0.29) is 5.76 Å². The smallest absolute Gasteiger partial charge is 0.371 e. The van der Waals surface area contributed by atoms with Gasteiger partial charge in [0.1, 0.15) is 11.5 Å². The SMILES string of the molecule is O=C(O)c1ccc(CS(=O)(=O)C(F)F)o1. The Kier molecular flexibility index (Phi) is 3.08. The van der Waals surface area contributed by atoms with Crippen LogP contribution in [0.5, 0.6) is 0 Å². The Morgan fingerprint density at radius 2 is 2.07 bits per heavy atom. The van der Waals surface area contributed by atoms with Crippen molar-refractivity contribution in [1.82, 2.24) is 0 Å². The normalized spacial score (nSPS) is 11.9. The lowest BCUT2D eigenvalue weighted by atomic mass is 10.4. The van der Waals surface area contributed by atoms with Gasteiger partial charge < -0.3 is 9.52 Å². The van der Waals surface area contributed by atoms with E-state index in [0.717, 1.165) is 12.1 Å².